The summed E-state index contributed by atoms with van der Waals surface area (Å²) in [5.74, 6) is 0. The molecule has 0 aliphatic heterocycles. The Morgan fingerprint density at radius 3 is 2.71 bits per heavy atom. The van der Waals surface area contributed by atoms with E-state index >= 15 is 0 Å². The smallest absolute Gasteiger partial charge is 0.382 e. The average molecular weight is 270 g/mol. The van der Waals surface area contributed by atoms with Gasteiger partial charge in [-0.1, -0.05) is 11.3 Å². The Labute approximate surface area is 98.0 Å². The quantitative estimate of drug-likeness (QED) is 0.630. The fourth-order valence-corrected chi connectivity index (χ4v) is 1.75. The van der Waals surface area contributed by atoms with E-state index in [4.69, 9.17) is 5.11 Å². The molecule has 1 aromatic heterocycles. The fourth-order valence-electron chi connectivity index (χ4n) is 1.02. The number of nitrogens with zero attached hydrogens (tertiary/aromatic N) is 1. The molecule has 0 aliphatic rings. The van der Waals surface area contributed by atoms with Crippen LogP contribution in [0.1, 0.15) is 5.56 Å². The zero-order valence-electron chi connectivity index (χ0n) is 8.40. The van der Waals surface area contributed by atoms with Gasteiger partial charge in [-0.05, 0) is 5.56 Å². The van der Waals surface area contributed by atoms with Gasteiger partial charge in [0.05, 0.1) is 4.92 Å². The minimum atomic E-state index is -4.66. The molecule has 1 rings (SSSR count). The lowest BCUT2D eigenvalue weighted by Crippen LogP contribution is -2.38. The number of aliphatic hydroxyl groups is 1. The van der Waals surface area contributed by atoms with Gasteiger partial charge in [-0.2, -0.15) is 13.2 Å². The Kier molecular flexibility index (Phi) is 4.43. The Morgan fingerprint density at radius 2 is 2.24 bits per heavy atom. The maximum absolute atomic E-state index is 11.9. The van der Waals surface area contributed by atoms with E-state index in [-0.39, 0.29) is 11.5 Å². The summed E-state index contributed by atoms with van der Waals surface area (Å²) in [5, 5.41) is 22.8. The molecule has 0 spiro atoms. The number of aliphatic hydroxyl groups excluding tert-OH is 1. The van der Waals surface area contributed by atoms with Crippen molar-refractivity contribution in [1.29, 1.82) is 0 Å². The summed E-state index contributed by atoms with van der Waals surface area (Å²) in [6.45, 7) is -0.607. The fraction of sp³-hybridized carbons (Fsp3) is 0.500. The van der Waals surface area contributed by atoms with Gasteiger partial charge in [-0.3, -0.25) is 10.1 Å². The van der Waals surface area contributed by atoms with Crippen LogP contribution in [0, 0.1) is 10.1 Å². The molecule has 5 nitrogen and oxygen atoms in total. The molecule has 0 fully saturated rings. The molecule has 1 unspecified atom stereocenters. The number of hydrogen-bond acceptors (Lipinski definition) is 5. The molecule has 96 valence electrons. The van der Waals surface area contributed by atoms with E-state index in [1.165, 1.54) is 11.4 Å². The van der Waals surface area contributed by atoms with Crippen molar-refractivity contribution in [3.8, 4) is 0 Å². The standard InChI is InChI=1S/C8H9F3N2O3S/c9-8(10,11)6(14)3-12-2-5-1-7(13(15)16)17-4-5/h1,4,6,12,14H,2-3H2. The Morgan fingerprint density at radius 1 is 1.59 bits per heavy atom. The van der Waals surface area contributed by atoms with E-state index < -0.39 is 23.7 Å². The second-order valence-corrected chi connectivity index (χ2v) is 4.13. The minimum Gasteiger partial charge on any atom is -0.382 e. The van der Waals surface area contributed by atoms with Crippen molar-refractivity contribution < 1.29 is 23.2 Å². The van der Waals surface area contributed by atoms with Gasteiger partial charge in [0.15, 0.2) is 6.10 Å². The third kappa shape index (κ3) is 4.29. The van der Waals surface area contributed by atoms with Crippen molar-refractivity contribution in [1.82, 2.24) is 5.32 Å². The van der Waals surface area contributed by atoms with Crippen LogP contribution in [0.2, 0.25) is 0 Å². The van der Waals surface area contributed by atoms with Gasteiger partial charge in [-0.15, -0.1) is 0 Å². The maximum atomic E-state index is 11.9. The monoisotopic (exact) mass is 270 g/mol. The predicted molar refractivity (Wildman–Crippen MR) is 54.7 cm³/mol. The predicted octanol–water partition coefficient (Wildman–Crippen LogP) is 1.67. The van der Waals surface area contributed by atoms with Crippen molar-refractivity contribution in [3.63, 3.8) is 0 Å². The molecule has 1 atom stereocenters. The number of nitro groups is 1. The summed E-state index contributed by atoms with van der Waals surface area (Å²) in [6, 6.07) is 1.28. The summed E-state index contributed by atoms with van der Waals surface area (Å²) < 4.78 is 35.7. The SMILES string of the molecule is O=[N+]([O-])c1cc(CNCC(O)C(F)(F)F)cs1. The van der Waals surface area contributed by atoms with Gasteiger partial charge in [0.1, 0.15) is 0 Å². The second-order valence-electron chi connectivity index (χ2n) is 3.24. The van der Waals surface area contributed by atoms with Crippen molar-refractivity contribution in [2.45, 2.75) is 18.8 Å². The minimum absolute atomic E-state index is 0.0392. The molecule has 0 radical (unpaired) electrons. The zero-order valence-corrected chi connectivity index (χ0v) is 9.22. The van der Waals surface area contributed by atoms with Crippen LogP contribution in [0.15, 0.2) is 11.4 Å². The van der Waals surface area contributed by atoms with Gasteiger partial charge in [0.2, 0.25) is 0 Å². The first-order valence-corrected chi connectivity index (χ1v) is 5.36. The highest BCUT2D eigenvalue weighted by atomic mass is 32.1. The highest BCUT2D eigenvalue weighted by Gasteiger charge is 2.37. The van der Waals surface area contributed by atoms with Crippen molar-refractivity contribution >= 4 is 16.3 Å². The lowest BCUT2D eigenvalue weighted by Gasteiger charge is -2.14. The molecular weight excluding hydrogens is 261 g/mol. The third-order valence-corrected chi connectivity index (χ3v) is 2.79. The van der Waals surface area contributed by atoms with Crippen LogP contribution in [0.3, 0.4) is 0 Å². The average Bonchev–Trinajstić information content (AvgIpc) is 2.64. The Hall–Kier alpha value is -1.19. The number of halogens is 3. The number of hydrogen-bond donors (Lipinski definition) is 2. The van der Waals surface area contributed by atoms with Crippen LogP contribution in [0.25, 0.3) is 0 Å². The first kappa shape index (κ1) is 13.9. The van der Waals surface area contributed by atoms with Gasteiger partial charge in [0, 0.05) is 24.5 Å². The molecular formula is C8H9F3N2O3S. The third-order valence-electron chi connectivity index (χ3n) is 1.86. The number of alkyl halides is 3. The topological polar surface area (TPSA) is 75.4 Å². The summed E-state index contributed by atoms with van der Waals surface area (Å²) in [5.41, 5.74) is 0.510. The number of nitrogens with one attached hydrogen (secondary N) is 1. The Balaban J connectivity index is 2.38. The van der Waals surface area contributed by atoms with Gasteiger partial charge in [0.25, 0.3) is 0 Å². The first-order valence-electron chi connectivity index (χ1n) is 4.48. The lowest BCUT2D eigenvalue weighted by molar-refractivity contribution is -0.380. The Bertz CT molecular complexity index is 394. The second kappa shape index (κ2) is 5.43. The van der Waals surface area contributed by atoms with E-state index in [1.54, 1.807) is 0 Å². The molecule has 2 N–H and O–H groups in total. The highest BCUT2D eigenvalue weighted by molar-refractivity contribution is 7.13. The summed E-state index contributed by atoms with van der Waals surface area (Å²) in [7, 11) is 0. The van der Waals surface area contributed by atoms with E-state index in [9.17, 15) is 23.3 Å². The molecule has 0 amide bonds. The van der Waals surface area contributed by atoms with Crippen LogP contribution < -0.4 is 5.32 Å². The molecule has 0 aromatic carbocycles. The van der Waals surface area contributed by atoms with E-state index in [2.05, 4.69) is 5.32 Å². The number of rotatable bonds is 5. The van der Waals surface area contributed by atoms with E-state index in [0.29, 0.717) is 5.56 Å². The molecule has 1 heterocycles. The molecule has 0 aliphatic carbocycles. The molecule has 0 saturated carbocycles. The molecule has 1 aromatic rings. The largest absolute Gasteiger partial charge is 0.415 e. The molecule has 0 bridgehead atoms. The highest BCUT2D eigenvalue weighted by Crippen LogP contribution is 2.23. The normalized spacial score (nSPS) is 13.6. The summed E-state index contributed by atoms with van der Waals surface area (Å²) in [4.78, 5) is 9.76. The van der Waals surface area contributed by atoms with Crippen LogP contribution in [-0.4, -0.2) is 28.9 Å². The first-order chi connectivity index (χ1) is 7.80. The van der Waals surface area contributed by atoms with Crippen LogP contribution in [0.4, 0.5) is 18.2 Å². The maximum Gasteiger partial charge on any atom is 0.415 e. The van der Waals surface area contributed by atoms with Gasteiger partial charge >= 0.3 is 11.2 Å². The molecule has 0 saturated heterocycles. The summed E-state index contributed by atoms with van der Waals surface area (Å²) in [6.07, 6.45) is -7.09. The van der Waals surface area contributed by atoms with Gasteiger partial charge < -0.3 is 10.4 Å². The van der Waals surface area contributed by atoms with Crippen LogP contribution >= 0.6 is 11.3 Å². The van der Waals surface area contributed by atoms with E-state index in [1.807, 2.05) is 0 Å². The number of thiophene rings is 1. The summed E-state index contributed by atoms with van der Waals surface area (Å²) >= 11 is 0.898. The van der Waals surface area contributed by atoms with Crippen molar-refractivity contribution in [2.75, 3.05) is 6.54 Å². The molecule has 17 heavy (non-hydrogen) atoms. The molecule has 9 heteroatoms. The zero-order chi connectivity index (χ0) is 13.1. The van der Waals surface area contributed by atoms with E-state index in [0.717, 1.165) is 11.3 Å². The lowest BCUT2D eigenvalue weighted by atomic mass is 10.3. The van der Waals surface area contributed by atoms with Crippen molar-refractivity contribution in [2.24, 2.45) is 0 Å². The van der Waals surface area contributed by atoms with Crippen LogP contribution in [-0.2, 0) is 6.54 Å². The van der Waals surface area contributed by atoms with Gasteiger partial charge in [-0.25, -0.2) is 0 Å². The van der Waals surface area contributed by atoms with Crippen molar-refractivity contribution in [3.05, 3.63) is 27.1 Å². The van der Waals surface area contributed by atoms with Crippen LogP contribution in [0.5, 0.6) is 0 Å².